The van der Waals surface area contributed by atoms with Gasteiger partial charge in [0.2, 0.25) is 5.95 Å². The fraction of sp³-hybridized carbons (Fsp3) is 0.333. The van der Waals surface area contributed by atoms with Gasteiger partial charge in [-0.2, -0.15) is 4.98 Å². The summed E-state index contributed by atoms with van der Waals surface area (Å²) in [5, 5.41) is 3.32. The van der Waals surface area contributed by atoms with E-state index >= 15 is 0 Å². The summed E-state index contributed by atoms with van der Waals surface area (Å²) in [7, 11) is 0. The maximum Gasteiger partial charge on any atom is 0.339 e. The van der Waals surface area contributed by atoms with Gasteiger partial charge in [-0.05, 0) is 50.1 Å². The Morgan fingerprint density at radius 3 is 2.56 bits per heavy atom. The summed E-state index contributed by atoms with van der Waals surface area (Å²) in [6.45, 7) is 8.91. The number of hydrogen-bond acceptors (Lipinski definition) is 8. The summed E-state index contributed by atoms with van der Waals surface area (Å²) in [6, 6.07) is 8.01. The number of rotatable bonds is 6. The molecule has 32 heavy (non-hydrogen) atoms. The van der Waals surface area contributed by atoms with E-state index in [1.165, 1.54) is 17.3 Å². The van der Waals surface area contributed by atoms with Crippen LogP contribution in [0.1, 0.15) is 28.4 Å². The molecule has 3 aromatic rings. The Balaban J connectivity index is 1.72. The zero-order chi connectivity index (χ0) is 22.5. The first kappa shape index (κ1) is 21.7. The lowest BCUT2D eigenvalue weighted by Gasteiger charge is -2.29. The molecule has 166 valence electrons. The van der Waals surface area contributed by atoms with Gasteiger partial charge in [0.05, 0.1) is 25.4 Å². The van der Waals surface area contributed by atoms with Gasteiger partial charge in [-0.1, -0.05) is 6.07 Å². The van der Waals surface area contributed by atoms with Gasteiger partial charge in [0.15, 0.2) is 0 Å². The molecule has 1 saturated heterocycles. The minimum atomic E-state index is -0.399. The lowest BCUT2D eigenvalue weighted by atomic mass is 10.1. The third-order valence-corrected chi connectivity index (χ3v) is 5.12. The quantitative estimate of drug-likeness (QED) is 0.585. The highest BCUT2D eigenvalue weighted by atomic mass is 16.5. The molecule has 1 N–H and O–H groups in total. The molecule has 0 amide bonds. The SMILES string of the molecule is CCOC(=O)c1cncc(-c2cnc(Nc3cc(C)cc(C)c3)nc2N2CCOCC2)c1. The standard InChI is InChI=1S/C24H27N5O3/c1-4-32-23(30)19-12-18(13-25-14-19)21-15-26-24(27-20-10-16(2)9-17(3)11-20)28-22(21)29-5-7-31-8-6-29/h9-15H,4-8H2,1-3H3,(H,26,27,28). The maximum atomic E-state index is 12.2. The Hall–Kier alpha value is -3.52. The Bertz CT molecular complexity index is 1090. The van der Waals surface area contributed by atoms with Crippen molar-refractivity contribution in [1.82, 2.24) is 15.0 Å². The third-order valence-electron chi connectivity index (χ3n) is 5.12. The summed E-state index contributed by atoms with van der Waals surface area (Å²) in [6.07, 6.45) is 4.99. The molecule has 3 heterocycles. The lowest BCUT2D eigenvalue weighted by molar-refractivity contribution is 0.0526. The number of pyridine rings is 1. The highest BCUT2D eigenvalue weighted by Gasteiger charge is 2.20. The van der Waals surface area contributed by atoms with Gasteiger partial charge in [-0.25, -0.2) is 9.78 Å². The van der Waals surface area contributed by atoms with E-state index in [0.29, 0.717) is 31.3 Å². The number of carbonyl (C=O) groups is 1. The number of hydrogen-bond donors (Lipinski definition) is 1. The lowest BCUT2D eigenvalue weighted by Crippen LogP contribution is -2.37. The number of carbonyl (C=O) groups excluding carboxylic acids is 1. The molecular formula is C24H27N5O3. The Labute approximate surface area is 187 Å². The van der Waals surface area contributed by atoms with Crippen LogP contribution in [0.25, 0.3) is 11.1 Å². The van der Waals surface area contributed by atoms with Crippen molar-refractivity contribution in [2.24, 2.45) is 0 Å². The van der Waals surface area contributed by atoms with Crippen molar-refractivity contribution < 1.29 is 14.3 Å². The number of esters is 1. The highest BCUT2D eigenvalue weighted by molar-refractivity contribution is 5.91. The molecule has 1 aromatic carbocycles. The molecule has 4 rings (SSSR count). The number of aromatic nitrogens is 3. The molecule has 0 unspecified atom stereocenters. The summed E-state index contributed by atoms with van der Waals surface area (Å²) in [4.78, 5) is 28.0. The van der Waals surface area contributed by atoms with Crippen molar-refractivity contribution in [2.75, 3.05) is 43.1 Å². The molecular weight excluding hydrogens is 406 g/mol. The van der Waals surface area contributed by atoms with Gasteiger partial charge in [0.1, 0.15) is 5.82 Å². The zero-order valence-corrected chi connectivity index (χ0v) is 18.6. The van der Waals surface area contributed by atoms with Crippen LogP contribution in [-0.4, -0.2) is 53.8 Å². The summed E-state index contributed by atoms with van der Waals surface area (Å²) in [5.41, 5.74) is 5.23. The van der Waals surface area contributed by atoms with E-state index < -0.39 is 5.97 Å². The third kappa shape index (κ3) is 5.03. The molecule has 0 bridgehead atoms. The van der Waals surface area contributed by atoms with Crippen LogP contribution in [0.15, 0.2) is 42.9 Å². The van der Waals surface area contributed by atoms with Crippen LogP contribution in [-0.2, 0) is 9.47 Å². The van der Waals surface area contributed by atoms with E-state index in [-0.39, 0.29) is 0 Å². The van der Waals surface area contributed by atoms with Gasteiger partial charge in [0.25, 0.3) is 0 Å². The van der Waals surface area contributed by atoms with E-state index in [1.54, 1.807) is 25.4 Å². The first-order chi connectivity index (χ1) is 15.5. The van der Waals surface area contributed by atoms with Crippen LogP contribution >= 0.6 is 0 Å². The minimum absolute atomic E-state index is 0.310. The summed E-state index contributed by atoms with van der Waals surface area (Å²) in [5.74, 6) is 0.886. The van der Waals surface area contributed by atoms with Crippen LogP contribution in [0.4, 0.5) is 17.5 Å². The van der Waals surface area contributed by atoms with Crippen molar-refractivity contribution in [3.8, 4) is 11.1 Å². The first-order valence-corrected chi connectivity index (χ1v) is 10.7. The monoisotopic (exact) mass is 433 g/mol. The Kier molecular flexibility index (Phi) is 6.61. The smallest absolute Gasteiger partial charge is 0.339 e. The number of anilines is 3. The van der Waals surface area contributed by atoms with E-state index in [1.807, 2.05) is 0 Å². The molecule has 0 radical (unpaired) electrons. The van der Waals surface area contributed by atoms with Crippen molar-refractivity contribution in [1.29, 1.82) is 0 Å². The average Bonchev–Trinajstić information content (AvgIpc) is 2.79. The minimum Gasteiger partial charge on any atom is -0.462 e. The summed E-state index contributed by atoms with van der Waals surface area (Å²) >= 11 is 0. The van der Waals surface area contributed by atoms with Crippen molar-refractivity contribution in [3.05, 3.63) is 59.5 Å². The van der Waals surface area contributed by atoms with Crippen molar-refractivity contribution >= 4 is 23.4 Å². The van der Waals surface area contributed by atoms with E-state index in [4.69, 9.17) is 14.5 Å². The molecule has 0 atom stereocenters. The van der Waals surface area contributed by atoms with E-state index in [0.717, 1.165) is 35.7 Å². The van der Waals surface area contributed by atoms with Crippen LogP contribution in [0.2, 0.25) is 0 Å². The topological polar surface area (TPSA) is 89.5 Å². The normalized spacial score (nSPS) is 13.7. The Morgan fingerprint density at radius 2 is 1.84 bits per heavy atom. The molecule has 2 aromatic heterocycles. The van der Waals surface area contributed by atoms with Gasteiger partial charge in [-0.3, -0.25) is 4.98 Å². The molecule has 8 nitrogen and oxygen atoms in total. The number of nitrogens with zero attached hydrogens (tertiary/aromatic N) is 4. The number of benzene rings is 1. The number of nitrogens with one attached hydrogen (secondary N) is 1. The number of morpholine rings is 1. The van der Waals surface area contributed by atoms with Crippen molar-refractivity contribution in [2.45, 2.75) is 20.8 Å². The molecule has 0 aliphatic carbocycles. The van der Waals surface area contributed by atoms with Gasteiger partial charge in [-0.15, -0.1) is 0 Å². The van der Waals surface area contributed by atoms with Gasteiger partial charge < -0.3 is 19.7 Å². The number of aryl methyl sites for hydroxylation is 2. The molecule has 1 fully saturated rings. The predicted molar refractivity (Wildman–Crippen MR) is 123 cm³/mol. The molecule has 0 saturated carbocycles. The second-order valence-electron chi connectivity index (χ2n) is 7.71. The fourth-order valence-electron chi connectivity index (χ4n) is 3.74. The maximum absolute atomic E-state index is 12.2. The molecule has 8 heteroatoms. The summed E-state index contributed by atoms with van der Waals surface area (Å²) < 4.78 is 10.6. The van der Waals surface area contributed by atoms with Gasteiger partial charge >= 0.3 is 5.97 Å². The van der Waals surface area contributed by atoms with Crippen LogP contribution < -0.4 is 10.2 Å². The van der Waals surface area contributed by atoms with E-state index in [9.17, 15) is 4.79 Å². The number of ether oxygens (including phenoxy) is 2. The average molecular weight is 434 g/mol. The highest BCUT2D eigenvalue weighted by Crippen LogP contribution is 2.31. The second-order valence-corrected chi connectivity index (χ2v) is 7.71. The van der Waals surface area contributed by atoms with Crippen LogP contribution in [0, 0.1) is 13.8 Å². The van der Waals surface area contributed by atoms with E-state index in [2.05, 4.69) is 52.2 Å². The van der Waals surface area contributed by atoms with Crippen LogP contribution in [0.3, 0.4) is 0 Å². The van der Waals surface area contributed by atoms with Gasteiger partial charge in [0, 0.05) is 48.5 Å². The molecule has 1 aliphatic rings. The molecule has 0 spiro atoms. The Morgan fingerprint density at radius 1 is 1.09 bits per heavy atom. The second kappa shape index (κ2) is 9.74. The van der Waals surface area contributed by atoms with Crippen LogP contribution in [0.5, 0.6) is 0 Å². The fourth-order valence-corrected chi connectivity index (χ4v) is 3.74. The molecule has 1 aliphatic heterocycles. The first-order valence-electron chi connectivity index (χ1n) is 10.7. The predicted octanol–water partition coefficient (Wildman–Crippen LogP) is 3.91. The largest absolute Gasteiger partial charge is 0.462 e. The van der Waals surface area contributed by atoms with Crippen molar-refractivity contribution in [3.63, 3.8) is 0 Å². The zero-order valence-electron chi connectivity index (χ0n) is 18.6.